The lowest BCUT2D eigenvalue weighted by atomic mass is 9.92. The Hall–Kier alpha value is -2.28. The molecule has 0 radical (unpaired) electrons. The molecule has 0 spiro atoms. The summed E-state index contributed by atoms with van der Waals surface area (Å²) >= 11 is 0. The molecular weight excluding hydrogens is 354 g/mol. The van der Waals surface area contributed by atoms with Gasteiger partial charge in [0.1, 0.15) is 5.52 Å². The first-order valence-corrected chi connectivity index (χ1v) is 10.4. The van der Waals surface area contributed by atoms with Crippen LogP contribution in [0.15, 0.2) is 29.1 Å². The fourth-order valence-electron chi connectivity index (χ4n) is 4.81. The van der Waals surface area contributed by atoms with E-state index in [1.54, 1.807) is 12.1 Å². The van der Waals surface area contributed by atoms with E-state index >= 15 is 0 Å². The molecule has 1 amide bonds. The van der Waals surface area contributed by atoms with Crippen molar-refractivity contribution in [1.82, 2.24) is 24.8 Å². The molecule has 2 aromatic rings. The van der Waals surface area contributed by atoms with Crippen LogP contribution >= 0.6 is 0 Å². The molecule has 1 aromatic carbocycles. The van der Waals surface area contributed by atoms with Gasteiger partial charge in [0, 0.05) is 26.2 Å². The maximum Gasteiger partial charge on any atom is 0.277 e. The lowest BCUT2D eigenvalue weighted by Gasteiger charge is -2.37. The molecule has 0 unspecified atom stereocenters. The first-order valence-electron chi connectivity index (χ1n) is 10.4. The van der Waals surface area contributed by atoms with E-state index in [-0.39, 0.29) is 17.5 Å². The highest BCUT2D eigenvalue weighted by molar-refractivity contribution is 5.78. The maximum atomic E-state index is 12.8. The number of fused-ring (bicyclic) bond motifs is 1. The predicted molar refractivity (Wildman–Crippen MR) is 108 cm³/mol. The first kappa shape index (κ1) is 19.1. The lowest BCUT2D eigenvalue weighted by molar-refractivity contribution is -0.134. The molecule has 7 heteroatoms. The van der Waals surface area contributed by atoms with Gasteiger partial charge in [-0.2, -0.15) is 0 Å². The predicted octanol–water partition coefficient (Wildman–Crippen LogP) is 1.93. The van der Waals surface area contributed by atoms with Gasteiger partial charge in [-0.3, -0.25) is 14.5 Å². The van der Waals surface area contributed by atoms with Gasteiger partial charge in [-0.05, 0) is 43.2 Å². The highest BCUT2D eigenvalue weighted by atomic mass is 16.2. The number of benzene rings is 1. The van der Waals surface area contributed by atoms with E-state index in [1.807, 2.05) is 17.0 Å². The molecule has 2 aliphatic heterocycles. The summed E-state index contributed by atoms with van der Waals surface area (Å²) in [6.07, 6.45) is 2.73. The third-order valence-corrected chi connectivity index (χ3v) is 6.06. The molecule has 2 aliphatic rings. The van der Waals surface area contributed by atoms with E-state index in [4.69, 9.17) is 0 Å². The average Bonchev–Trinajstić information content (AvgIpc) is 2.68. The maximum absolute atomic E-state index is 12.8. The van der Waals surface area contributed by atoms with Gasteiger partial charge in [-0.15, -0.1) is 5.10 Å². The van der Waals surface area contributed by atoms with Gasteiger partial charge in [-0.1, -0.05) is 31.2 Å². The van der Waals surface area contributed by atoms with Crippen molar-refractivity contribution >= 4 is 16.8 Å². The van der Waals surface area contributed by atoms with Crippen molar-refractivity contribution in [2.45, 2.75) is 39.2 Å². The van der Waals surface area contributed by atoms with Crippen molar-refractivity contribution in [2.75, 3.05) is 32.7 Å². The molecule has 2 atom stereocenters. The molecule has 7 nitrogen and oxygen atoms in total. The van der Waals surface area contributed by atoms with E-state index in [9.17, 15) is 9.59 Å². The number of amides is 1. The number of carbonyl (C=O) groups excluding carboxylic acids is 1. The van der Waals surface area contributed by atoms with Crippen molar-refractivity contribution in [3.05, 3.63) is 34.6 Å². The number of piperidine rings is 2. The van der Waals surface area contributed by atoms with Crippen LogP contribution in [0.25, 0.3) is 10.9 Å². The van der Waals surface area contributed by atoms with Gasteiger partial charge in [0.2, 0.25) is 5.91 Å². The highest BCUT2D eigenvalue weighted by Crippen LogP contribution is 2.23. The fraction of sp³-hybridized carbons (Fsp3) is 0.619. The third kappa shape index (κ3) is 3.94. The lowest BCUT2D eigenvalue weighted by Crippen LogP contribution is -2.48. The Morgan fingerprint density at radius 2 is 1.79 bits per heavy atom. The monoisotopic (exact) mass is 383 g/mol. The number of hydrogen-bond donors (Lipinski definition) is 0. The Kier molecular flexibility index (Phi) is 5.44. The summed E-state index contributed by atoms with van der Waals surface area (Å²) in [7, 11) is 0. The van der Waals surface area contributed by atoms with Gasteiger partial charge >= 0.3 is 0 Å². The highest BCUT2D eigenvalue weighted by Gasteiger charge is 2.28. The second-order valence-corrected chi connectivity index (χ2v) is 8.61. The summed E-state index contributed by atoms with van der Waals surface area (Å²) in [5.41, 5.74) is 0.535. The van der Waals surface area contributed by atoms with Crippen LogP contribution in [0.2, 0.25) is 0 Å². The van der Waals surface area contributed by atoms with Crippen LogP contribution in [-0.2, 0) is 4.79 Å². The van der Waals surface area contributed by atoms with Crippen LogP contribution in [0.3, 0.4) is 0 Å². The van der Waals surface area contributed by atoms with Crippen molar-refractivity contribution in [3.8, 4) is 0 Å². The molecule has 0 aliphatic carbocycles. The van der Waals surface area contributed by atoms with Crippen LogP contribution in [0.4, 0.5) is 0 Å². The summed E-state index contributed by atoms with van der Waals surface area (Å²) in [6, 6.07) is 7.30. The normalized spacial score (nSPS) is 24.6. The van der Waals surface area contributed by atoms with Gasteiger partial charge in [-0.25, -0.2) is 4.68 Å². The summed E-state index contributed by atoms with van der Waals surface area (Å²) in [4.78, 5) is 29.7. The summed E-state index contributed by atoms with van der Waals surface area (Å²) in [6.45, 7) is 8.40. The fourth-order valence-corrected chi connectivity index (χ4v) is 4.81. The van der Waals surface area contributed by atoms with Gasteiger partial charge in [0.25, 0.3) is 5.56 Å². The molecule has 0 bridgehead atoms. The topological polar surface area (TPSA) is 71.3 Å². The van der Waals surface area contributed by atoms with Crippen LogP contribution in [0, 0.1) is 11.8 Å². The number of likely N-dealkylation sites (tertiary alicyclic amines) is 2. The van der Waals surface area contributed by atoms with Crippen LogP contribution in [0.5, 0.6) is 0 Å². The Balaban J connectivity index is 1.37. The Morgan fingerprint density at radius 3 is 2.50 bits per heavy atom. The van der Waals surface area contributed by atoms with Crippen molar-refractivity contribution < 1.29 is 4.79 Å². The van der Waals surface area contributed by atoms with Crippen molar-refractivity contribution in [3.63, 3.8) is 0 Å². The van der Waals surface area contributed by atoms with E-state index < -0.39 is 0 Å². The molecule has 0 N–H and O–H groups in total. The Morgan fingerprint density at radius 1 is 1.11 bits per heavy atom. The number of hydrogen-bond acceptors (Lipinski definition) is 5. The molecule has 28 heavy (non-hydrogen) atoms. The zero-order valence-corrected chi connectivity index (χ0v) is 16.8. The molecule has 4 rings (SSSR count). The largest absolute Gasteiger partial charge is 0.341 e. The van der Waals surface area contributed by atoms with E-state index in [1.165, 1.54) is 11.1 Å². The minimum atomic E-state index is -0.0910. The van der Waals surface area contributed by atoms with E-state index in [0.29, 0.717) is 42.4 Å². The zero-order valence-electron chi connectivity index (χ0n) is 16.8. The summed E-state index contributed by atoms with van der Waals surface area (Å²) in [5.74, 6) is 1.51. The van der Waals surface area contributed by atoms with Crippen LogP contribution in [-0.4, -0.2) is 63.4 Å². The number of aromatic nitrogens is 3. The summed E-state index contributed by atoms with van der Waals surface area (Å²) in [5, 5.41) is 8.94. The smallest absolute Gasteiger partial charge is 0.277 e. The van der Waals surface area contributed by atoms with E-state index in [2.05, 4.69) is 29.1 Å². The molecule has 2 fully saturated rings. The van der Waals surface area contributed by atoms with Gasteiger partial charge in [0.05, 0.1) is 18.0 Å². The molecule has 3 heterocycles. The number of nitrogens with zero attached hydrogens (tertiary/aromatic N) is 5. The Labute approximate surface area is 165 Å². The number of rotatable bonds is 3. The second-order valence-electron chi connectivity index (χ2n) is 8.61. The minimum Gasteiger partial charge on any atom is -0.341 e. The van der Waals surface area contributed by atoms with Gasteiger partial charge < -0.3 is 4.90 Å². The standard InChI is InChI=1S/C21H29N5O2/c1-15-11-16(2)13-24(12-15)14-20(27)25-9-7-17(8-10-25)26-21(28)18-5-3-4-6-19(18)22-23-26/h3-6,15-17H,7-14H2,1-2H3/t15-,16+. The average molecular weight is 383 g/mol. The van der Waals surface area contributed by atoms with Crippen molar-refractivity contribution in [2.24, 2.45) is 11.8 Å². The number of carbonyl (C=O) groups is 1. The Bertz CT molecular complexity index is 893. The third-order valence-electron chi connectivity index (χ3n) is 6.06. The zero-order chi connectivity index (χ0) is 19.7. The van der Waals surface area contributed by atoms with Crippen LogP contribution < -0.4 is 5.56 Å². The summed E-state index contributed by atoms with van der Waals surface area (Å²) < 4.78 is 1.51. The second kappa shape index (κ2) is 7.99. The quantitative estimate of drug-likeness (QED) is 0.810. The minimum absolute atomic E-state index is 0.00341. The molecule has 2 saturated heterocycles. The van der Waals surface area contributed by atoms with Crippen molar-refractivity contribution in [1.29, 1.82) is 0 Å². The molecular formula is C21H29N5O2. The van der Waals surface area contributed by atoms with Crippen LogP contribution in [0.1, 0.15) is 39.2 Å². The molecule has 1 aromatic heterocycles. The SMILES string of the molecule is C[C@@H]1C[C@H](C)CN(CC(=O)N2CCC(n3nnc4ccccc4c3=O)CC2)C1. The van der Waals surface area contributed by atoms with Gasteiger partial charge in [0.15, 0.2) is 0 Å². The first-order chi connectivity index (χ1) is 13.5. The molecule has 150 valence electrons. The van der Waals surface area contributed by atoms with E-state index in [0.717, 1.165) is 25.9 Å². The molecule has 0 saturated carbocycles.